The first-order chi connectivity index (χ1) is 19.4. The lowest BCUT2D eigenvalue weighted by molar-refractivity contribution is -0.114. The van der Waals surface area contributed by atoms with Crippen LogP contribution in [0.3, 0.4) is 0 Å². The third-order valence-electron chi connectivity index (χ3n) is 7.07. The fraction of sp³-hybridized carbons (Fsp3) is 0.324. The van der Waals surface area contributed by atoms with E-state index in [1.54, 1.807) is 30.3 Å². The summed E-state index contributed by atoms with van der Waals surface area (Å²) in [4.78, 5) is 15.5. The standard InChI is InChI=1S/C34H39NO5/c1-24(36)7-5-3-2-4-6-8-29(37)13-9-25-10-16-33(39)34(21-25)40-20-18-26-11-14-30(38)23-31(26)27-12-15-32-28(22-27)17-19-35-32/h6,8,10-12,14-17,19,21-24,35-36,38-39H,2-5,7,9,13,18,20H2,1H3/b8-6+/t24-/m0/s1. The van der Waals surface area contributed by atoms with E-state index in [0.29, 0.717) is 31.6 Å². The van der Waals surface area contributed by atoms with Gasteiger partial charge in [0, 0.05) is 24.6 Å². The van der Waals surface area contributed by atoms with Crippen LogP contribution in [0.2, 0.25) is 0 Å². The van der Waals surface area contributed by atoms with Crippen LogP contribution in [0.15, 0.2) is 79.0 Å². The van der Waals surface area contributed by atoms with Gasteiger partial charge in [-0.25, -0.2) is 0 Å². The molecule has 6 nitrogen and oxygen atoms in total. The van der Waals surface area contributed by atoms with E-state index in [-0.39, 0.29) is 23.4 Å². The number of allylic oxidation sites excluding steroid dienone is 2. The highest BCUT2D eigenvalue weighted by molar-refractivity contribution is 5.89. The van der Waals surface area contributed by atoms with Crippen LogP contribution in [0, 0.1) is 0 Å². The number of phenolic OH excluding ortho intramolecular Hbond substituents is 2. The Labute approximate surface area is 236 Å². The number of nitrogens with one attached hydrogen (secondary N) is 1. The maximum atomic E-state index is 12.3. The van der Waals surface area contributed by atoms with Crippen molar-refractivity contribution in [3.63, 3.8) is 0 Å². The molecule has 3 aromatic carbocycles. The molecule has 0 saturated heterocycles. The van der Waals surface area contributed by atoms with E-state index in [1.807, 2.05) is 49.5 Å². The topological polar surface area (TPSA) is 103 Å². The summed E-state index contributed by atoms with van der Waals surface area (Å²) in [5, 5.41) is 30.9. The molecule has 4 aromatic rings. The van der Waals surface area contributed by atoms with Crippen molar-refractivity contribution in [1.82, 2.24) is 4.98 Å². The van der Waals surface area contributed by atoms with Gasteiger partial charge in [0.15, 0.2) is 17.3 Å². The number of ketones is 1. The van der Waals surface area contributed by atoms with Crippen molar-refractivity contribution in [3.05, 3.63) is 90.1 Å². The number of H-pyrrole nitrogens is 1. The number of unbranched alkanes of at least 4 members (excludes halogenated alkanes) is 3. The fourth-order valence-corrected chi connectivity index (χ4v) is 4.82. The van der Waals surface area contributed by atoms with Gasteiger partial charge in [-0.2, -0.15) is 0 Å². The number of rotatable bonds is 15. The van der Waals surface area contributed by atoms with E-state index >= 15 is 0 Å². The molecule has 0 radical (unpaired) electrons. The molecular formula is C34H39NO5. The molecule has 4 N–H and O–H groups in total. The molecule has 0 fully saturated rings. The predicted octanol–water partition coefficient (Wildman–Crippen LogP) is 7.26. The number of aromatic hydroxyl groups is 2. The van der Waals surface area contributed by atoms with Crippen LogP contribution >= 0.6 is 0 Å². The predicted molar refractivity (Wildman–Crippen MR) is 160 cm³/mol. The van der Waals surface area contributed by atoms with Gasteiger partial charge < -0.3 is 25.0 Å². The highest BCUT2D eigenvalue weighted by atomic mass is 16.5. The molecular weight excluding hydrogens is 502 g/mol. The van der Waals surface area contributed by atoms with Gasteiger partial charge in [-0.3, -0.25) is 4.79 Å². The lowest BCUT2D eigenvalue weighted by Gasteiger charge is -2.13. The van der Waals surface area contributed by atoms with Gasteiger partial charge in [-0.15, -0.1) is 0 Å². The van der Waals surface area contributed by atoms with Crippen LogP contribution in [-0.2, 0) is 17.6 Å². The average Bonchev–Trinajstić information content (AvgIpc) is 3.41. The SMILES string of the molecule is C[C@H](O)CCCCC/C=C/C(=O)CCc1ccc(O)c(OCCc2ccc(O)cc2-c2ccc3[nH]ccc3c2)c1. The number of aryl methyl sites for hydroxylation is 1. The molecule has 0 bridgehead atoms. The number of benzene rings is 3. The molecule has 0 amide bonds. The summed E-state index contributed by atoms with van der Waals surface area (Å²) in [6.45, 7) is 2.15. The Morgan fingerprint density at radius 2 is 1.85 bits per heavy atom. The first kappa shape index (κ1) is 29.0. The highest BCUT2D eigenvalue weighted by Gasteiger charge is 2.10. The van der Waals surface area contributed by atoms with Gasteiger partial charge in [0.25, 0.3) is 0 Å². The first-order valence-electron chi connectivity index (χ1n) is 14.1. The lowest BCUT2D eigenvalue weighted by atomic mass is 9.96. The minimum absolute atomic E-state index is 0.0643. The van der Waals surface area contributed by atoms with E-state index in [4.69, 9.17) is 4.74 Å². The molecule has 1 atom stereocenters. The van der Waals surface area contributed by atoms with Crippen molar-refractivity contribution in [3.8, 4) is 28.4 Å². The maximum Gasteiger partial charge on any atom is 0.161 e. The average molecular weight is 542 g/mol. The molecule has 0 spiro atoms. The van der Waals surface area contributed by atoms with Crippen LogP contribution < -0.4 is 4.74 Å². The van der Waals surface area contributed by atoms with Gasteiger partial charge >= 0.3 is 0 Å². The molecule has 4 rings (SSSR count). The van der Waals surface area contributed by atoms with E-state index in [2.05, 4.69) is 11.1 Å². The van der Waals surface area contributed by atoms with Gasteiger partial charge in [-0.05, 0) is 109 Å². The number of aromatic amines is 1. The van der Waals surface area contributed by atoms with E-state index in [1.165, 1.54) is 0 Å². The molecule has 0 aliphatic rings. The Bertz CT molecular complexity index is 1440. The molecule has 0 aliphatic heterocycles. The molecule has 0 saturated carbocycles. The van der Waals surface area contributed by atoms with Crippen molar-refractivity contribution in [2.75, 3.05) is 6.61 Å². The second kappa shape index (κ2) is 14.4. The van der Waals surface area contributed by atoms with Crippen LogP contribution in [0.25, 0.3) is 22.0 Å². The van der Waals surface area contributed by atoms with E-state index in [0.717, 1.165) is 65.3 Å². The minimum atomic E-state index is -0.244. The zero-order valence-corrected chi connectivity index (χ0v) is 23.1. The van der Waals surface area contributed by atoms with Crippen molar-refractivity contribution in [1.29, 1.82) is 0 Å². The molecule has 6 heteroatoms. The van der Waals surface area contributed by atoms with Gasteiger partial charge in [0.05, 0.1) is 12.7 Å². The second-order valence-corrected chi connectivity index (χ2v) is 10.4. The summed E-state index contributed by atoms with van der Waals surface area (Å²) in [7, 11) is 0. The molecule has 40 heavy (non-hydrogen) atoms. The molecule has 0 aliphatic carbocycles. The minimum Gasteiger partial charge on any atom is -0.508 e. The summed E-state index contributed by atoms with van der Waals surface area (Å²) < 4.78 is 5.96. The monoisotopic (exact) mass is 541 g/mol. The molecule has 1 heterocycles. The lowest BCUT2D eigenvalue weighted by Crippen LogP contribution is -2.04. The third-order valence-corrected chi connectivity index (χ3v) is 7.07. The summed E-state index contributed by atoms with van der Waals surface area (Å²) >= 11 is 0. The van der Waals surface area contributed by atoms with Gasteiger partial charge in [0.1, 0.15) is 5.75 Å². The number of aromatic nitrogens is 1. The number of fused-ring (bicyclic) bond motifs is 1. The smallest absolute Gasteiger partial charge is 0.161 e. The van der Waals surface area contributed by atoms with Crippen LogP contribution in [0.4, 0.5) is 0 Å². The Hall–Kier alpha value is -4.03. The Morgan fingerprint density at radius 3 is 2.70 bits per heavy atom. The van der Waals surface area contributed by atoms with E-state index in [9.17, 15) is 20.1 Å². The Kier molecular flexibility index (Phi) is 10.4. The van der Waals surface area contributed by atoms with Crippen molar-refractivity contribution in [2.24, 2.45) is 0 Å². The maximum absolute atomic E-state index is 12.3. The van der Waals surface area contributed by atoms with Crippen LogP contribution in [0.1, 0.15) is 56.6 Å². The highest BCUT2D eigenvalue weighted by Crippen LogP contribution is 2.31. The van der Waals surface area contributed by atoms with Gasteiger partial charge in [0.2, 0.25) is 0 Å². The number of hydrogen-bond acceptors (Lipinski definition) is 5. The Morgan fingerprint density at radius 1 is 0.975 bits per heavy atom. The molecule has 0 unspecified atom stereocenters. The van der Waals surface area contributed by atoms with E-state index < -0.39 is 0 Å². The Balaban J connectivity index is 1.29. The molecule has 210 valence electrons. The zero-order chi connectivity index (χ0) is 28.3. The largest absolute Gasteiger partial charge is 0.508 e. The van der Waals surface area contributed by atoms with Gasteiger partial charge in [-0.1, -0.05) is 37.1 Å². The number of ether oxygens (including phenoxy) is 1. The van der Waals surface area contributed by atoms with Crippen LogP contribution in [-0.4, -0.2) is 38.8 Å². The van der Waals surface area contributed by atoms with Crippen LogP contribution in [0.5, 0.6) is 17.2 Å². The number of carbonyl (C=O) groups excluding carboxylic acids is 1. The number of hydrogen-bond donors (Lipinski definition) is 4. The number of aliphatic hydroxyl groups is 1. The zero-order valence-electron chi connectivity index (χ0n) is 23.1. The summed E-state index contributed by atoms with van der Waals surface area (Å²) in [6, 6.07) is 18.7. The second-order valence-electron chi connectivity index (χ2n) is 10.4. The van der Waals surface area contributed by atoms with Crippen molar-refractivity contribution in [2.45, 2.75) is 64.4 Å². The molecule has 1 aromatic heterocycles. The quantitative estimate of drug-likeness (QED) is 0.0937. The number of phenols is 2. The fourth-order valence-electron chi connectivity index (χ4n) is 4.82. The van der Waals surface area contributed by atoms with Crippen molar-refractivity contribution >= 4 is 16.7 Å². The summed E-state index contributed by atoms with van der Waals surface area (Å²) in [5.74, 6) is 0.745. The summed E-state index contributed by atoms with van der Waals surface area (Å²) in [5.41, 5.74) is 4.97. The summed E-state index contributed by atoms with van der Waals surface area (Å²) in [6.07, 6.45) is 11.6. The van der Waals surface area contributed by atoms with Crippen molar-refractivity contribution < 1.29 is 24.9 Å². The first-order valence-corrected chi connectivity index (χ1v) is 14.1. The third kappa shape index (κ3) is 8.48. The number of carbonyl (C=O) groups is 1. The number of aliphatic hydroxyl groups excluding tert-OH is 1. The normalized spacial score (nSPS) is 12.2.